The number of rotatable bonds is 16. The molecule has 0 spiro atoms. The molecule has 0 saturated carbocycles. The van der Waals surface area contributed by atoms with Crippen molar-refractivity contribution < 1.29 is 24.2 Å². The van der Waals surface area contributed by atoms with Gasteiger partial charge in [0.05, 0.1) is 13.2 Å². The molecule has 0 bridgehead atoms. The van der Waals surface area contributed by atoms with Gasteiger partial charge in [0.2, 0.25) is 0 Å². The first-order chi connectivity index (χ1) is 13.1. The molecule has 0 aromatic rings. The maximum absolute atomic E-state index is 11.7. The van der Waals surface area contributed by atoms with Crippen molar-refractivity contribution in [2.75, 3.05) is 13.2 Å². The molecule has 0 unspecified atom stereocenters. The van der Waals surface area contributed by atoms with Crippen molar-refractivity contribution in [3.63, 3.8) is 0 Å². The van der Waals surface area contributed by atoms with E-state index in [-0.39, 0.29) is 19.0 Å². The summed E-state index contributed by atoms with van der Waals surface area (Å²) in [5, 5.41) is 9.37. The molecule has 156 valence electrons. The molecule has 1 aliphatic heterocycles. The topological polar surface area (TPSA) is 72.8 Å². The first-order valence-electron chi connectivity index (χ1n) is 10.8. The van der Waals surface area contributed by atoms with Gasteiger partial charge in [0.15, 0.2) is 5.60 Å². The van der Waals surface area contributed by atoms with Crippen molar-refractivity contribution in [3.05, 3.63) is 12.2 Å². The smallest absolute Gasteiger partial charge is 0.330 e. The molecule has 5 nitrogen and oxygen atoms in total. The van der Waals surface area contributed by atoms with Gasteiger partial charge >= 0.3 is 11.9 Å². The van der Waals surface area contributed by atoms with E-state index in [0.717, 1.165) is 12.8 Å². The van der Waals surface area contributed by atoms with Crippen molar-refractivity contribution in [1.82, 2.24) is 0 Å². The third-order valence-electron chi connectivity index (χ3n) is 5.10. The molecule has 1 N–H and O–H groups in total. The molecule has 1 fully saturated rings. The van der Waals surface area contributed by atoms with E-state index in [4.69, 9.17) is 9.47 Å². The molecule has 0 aliphatic carbocycles. The molecule has 0 aromatic heterocycles. The lowest BCUT2D eigenvalue weighted by Gasteiger charge is -2.20. The van der Waals surface area contributed by atoms with Crippen LogP contribution in [-0.4, -0.2) is 35.9 Å². The van der Waals surface area contributed by atoms with Crippen LogP contribution >= 0.6 is 0 Å². The SMILES string of the molecule is CCCCCCCCCCCCCCOC(=O)C=C[C@]1(CO)CCC(=O)O1. The number of aliphatic hydroxyl groups is 1. The molecular weight excluding hydrogens is 344 g/mol. The summed E-state index contributed by atoms with van der Waals surface area (Å²) in [6, 6.07) is 0. The van der Waals surface area contributed by atoms with Crippen molar-refractivity contribution in [3.8, 4) is 0 Å². The zero-order valence-corrected chi connectivity index (χ0v) is 17.0. The van der Waals surface area contributed by atoms with Gasteiger partial charge in [-0.2, -0.15) is 0 Å². The van der Waals surface area contributed by atoms with Gasteiger partial charge in [-0.3, -0.25) is 4.79 Å². The Kier molecular flexibility index (Phi) is 12.9. The van der Waals surface area contributed by atoms with E-state index < -0.39 is 11.6 Å². The molecule has 1 atom stereocenters. The lowest BCUT2D eigenvalue weighted by molar-refractivity contribution is -0.148. The van der Waals surface area contributed by atoms with E-state index in [2.05, 4.69) is 6.92 Å². The van der Waals surface area contributed by atoms with Crippen LogP contribution in [0.5, 0.6) is 0 Å². The van der Waals surface area contributed by atoms with Crippen molar-refractivity contribution in [1.29, 1.82) is 0 Å². The summed E-state index contributed by atoms with van der Waals surface area (Å²) in [5.74, 6) is -0.799. The molecule has 1 saturated heterocycles. The van der Waals surface area contributed by atoms with Crippen LogP contribution in [0.25, 0.3) is 0 Å². The fourth-order valence-corrected chi connectivity index (χ4v) is 3.31. The summed E-state index contributed by atoms with van der Waals surface area (Å²) in [4.78, 5) is 22.9. The Hall–Kier alpha value is -1.36. The number of esters is 2. The van der Waals surface area contributed by atoms with Gasteiger partial charge in [0.1, 0.15) is 0 Å². The van der Waals surface area contributed by atoms with E-state index in [9.17, 15) is 14.7 Å². The van der Waals surface area contributed by atoms with Crippen LogP contribution < -0.4 is 0 Å². The van der Waals surface area contributed by atoms with Crippen LogP contribution in [0.15, 0.2) is 12.2 Å². The first kappa shape index (κ1) is 23.7. The summed E-state index contributed by atoms with van der Waals surface area (Å²) in [6.07, 6.45) is 18.6. The van der Waals surface area contributed by atoms with Gasteiger partial charge in [-0.05, 0) is 12.5 Å². The lowest BCUT2D eigenvalue weighted by atomic mass is 10.0. The second-order valence-electron chi connectivity index (χ2n) is 7.59. The Bertz CT molecular complexity index is 446. The number of carbonyl (C=O) groups is 2. The number of ether oxygens (including phenoxy) is 2. The Labute approximate surface area is 164 Å². The quantitative estimate of drug-likeness (QED) is 0.235. The predicted molar refractivity (Wildman–Crippen MR) is 106 cm³/mol. The van der Waals surface area contributed by atoms with Gasteiger partial charge in [-0.15, -0.1) is 0 Å². The minimum Gasteiger partial charge on any atom is -0.463 e. The molecular formula is C22H38O5. The normalized spacial score (nSPS) is 19.6. The summed E-state index contributed by atoms with van der Waals surface area (Å²) in [5.41, 5.74) is -1.05. The Morgan fingerprint density at radius 3 is 2.07 bits per heavy atom. The summed E-state index contributed by atoms with van der Waals surface area (Å²) < 4.78 is 10.2. The number of cyclic esters (lactones) is 1. The molecule has 1 aliphatic rings. The van der Waals surface area contributed by atoms with Crippen LogP contribution in [0.2, 0.25) is 0 Å². The average Bonchev–Trinajstić information content (AvgIpc) is 3.05. The Morgan fingerprint density at radius 1 is 1.04 bits per heavy atom. The van der Waals surface area contributed by atoms with Gasteiger partial charge in [0, 0.05) is 18.9 Å². The Morgan fingerprint density at radius 2 is 1.59 bits per heavy atom. The van der Waals surface area contributed by atoms with Gasteiger partial charge < -0.3 is 14.6 Å². The largest absolute Gasteiger partial charge is 0.463 e. The highest BCUT2D eigenvalue weighted by atomic mass is 16.6. The highest BCUT2D eigenvalue weighted by molar-refractivity contribution is 5.82. The molecule has 0 aromatic carbocycles. The predicted octanol–water partition coefficient (Wildman–Crippen LogP) is 4.86. The van der Waals surface area contributed by atoms with Crippen LogP contribution in [0.3, 0.4) is 0 Å². The number of hydrogen-bond donors (Lipinski definition) is 1. The first-order valence-corrected chi connectivity index (χ1v) is 10.8. The van der Waals surface area contributed by atoms with E-state index in [1.54, 1.807) is 0 Å². The van der Waals surface area contributed by atoms with E-state index >= 15 is 0 Å². The minimum absolute atomic E-state index is 0.263. The van der Waals surface area contributed by atoms with Crippen molar-refractivity contribution in [2.45, 2.75) is 102 Å². The average molecular weight is 383 g/mol. The zero-order chi connectivity index (χ0) is 19.8. The highest BCUT2D eigenvalue weighted by Crippen LogP contribution is 2.27. The van der Waals surface area contributed by atoms with E-state index in [1.807, 2.05) is 0 Å². The Balaban J connectivity index is 1.94. The van der Waals surface area contributed by atoms with Crippen LogP contribution in [-0.2, 0) is 19.1 Å². The molecule has 27 heavy (non-hydrogen) atoms. The van der Waals surface area contributed by atoms with Gasteiger partial charge in [0.25, 0.3) is 0 Å². The molecule has 1 rings (SSSR count). The van der Waals surface area contributed by atoms with Crippen LogP contribution in [0.1, 0.15) is 96.8 Å². The zero-order valence-electron chi connectivity index (χ0n) is 17.0. The van der Waals surface area contributed by atoms with Crippen LogP contribution in [0, 0.1) is 0 Å². The maximum Gasteiger partial charge on any atom is 0.330 e. The van der Waals surface area contributed by atoms with Gasteiger partial charge in [-0.25, -0.2) is 4.79 Å². The lowest BCUT2D eigenvalue weighted by Crippen LogP contribution is -2.30. The number of hydrogen-bond acceptors (Lipinski definition) is 5. The second-order valence-corrected chi connectivity index (χ2v) is 7.59. The maximum atomic E-state index is 11.7. The fraction of sp³-hybridized carbons (Fsp3) is 0.818. The third-order valence-corrected chi connectivity index (χ3v) is 5.10. The van der Waals surface area contributed by atoms with Gasteiger partial charge in [-0.1, -0.05) is 77.6 Å². The van der Waals surface area contributed by atoms with Crippen molar-refractivity contribution >= 4 is 11.9 Å². The van der Waals surface area contributed by atoms with Crippen molar-refractivity contribution in [2.24, 2.45) is 0 Å². The fourth-order valence-electron chi connectivity index (χ4n) is 3.31. The minimum atomic E-state index is -1.05. The number of aliphatic hydroxyl groups excluding tert-OH is 1. The van der Waals surface area contributed by atoms with E-state index in [1.165, 1.54) is 76.4 Å². The number of carbonyl (C=O) groups excluding carboxylic acids is 2. The summed E-state index contributed by atoms with van der Waals surface area (Å²) in [7, 11) is 0. The van der Waals surface area contributed by atoms with Crippen LogP contribution in [0.4, 0.5) is 0 Å². The molecule has 0 amide bonds. The second kappa shape index (κ2) is 14.7. The standard InChI is InChI=1S/C22H38O5/c1-2-3-4-5-6-7-8-9-10-11-12-13-18-26-20(24)14-16-22(19-23)17-15-21(25)27-22/h14,16,23H,2-13,15,17-19H2,1H3/t22-/m1/s1. The molecule has 1 heterocycles. The summed E-state index contributed by atoms with van der Waals surface area (Å²) in [6.45, 7) is 2.34. The highest BCUT2D eigenvalue weighted by Gasteiger charge is 2.37. The number of unbranched alkanes of at least 4 members (excludes halogenated alkanes) is 11. The third kappa shape index (κ3) is 11.2. The molecule has 0 radical (unpaired) electrons. The molecule has 5 heteroatoms. The summed E-state index contributed by atoms with van der Waals surface area (Å²) >= 11 is 0. The monoisotopic (exact) mass is 382 g/mol. The van der Waals surface area contributed by atoms with E-state index in [0.29, 0.717) is 13.0 Å².